The molecular weight excluding hydrogens is 240 g/mol. The van der Waals surface area contributed by atoms with Crippen molar-refractivity contribution in [1.82, 2.24) is 0 Å². The molecule has 3 N–H and O–H groups in total. The first kappa shape index (κ1) is 14.0. The molecule has 1 saturated carbocycles. The van der Waals surface area contributed by atoms with Crippen molar-refractivity contribution in [3.63, 3.8) is 0 Å². The maximum Gasteiger partial charge on any atom is 0.250 e. The Hall–Kier alpha value is -1.39. The fourth-order valence-corrected chi connectivity index (χ4v) is 2.66. The molecule has 0 saturated heterocycles. The average molecular weight is 262 g/mol. The van der Waals surface area contributed by atoms with E-state index >= 15 is 0 Å². The molecule has 1 aromatic carbocycles. The molecule has 0 aromatic heterocycles. The summed E-state index contributed by atoms with van der Waals surface area (Å²) in [5, 5.41) is 2.81. The third-order valence-electron chi connectivity index (χ3n) is 3.75. The van der Waals surface area contributed by atoms with Crippen LogP contribution in [0.3, 0.4) is 0 Å². The van der Waals surface area contributed by atoms with E-state index in [4.69, 9.17) is 10.5 Å². The van der Waals surface area contributed by atoms with Crippen molar-refractivity contribution in [2.24, 2.45) is 11.7 Å². The average Bonchev–Trinajstić information content (AvgIpc) is 2.80. The normalized spacial score (nSPS) is 26.3. The Kier molecular flexibility index (Phi) is 4.56. The Balaban J connectivity index is 1.83. The smallest absolute Gasteiger partial charge is 0.250 e. The summed E-state index contributed by atoms with van der Waals surface area (Å²) in [6.45, 7) is 2.75. The third kappa shape index (κ3) is 3.78. The summed E-state index contributed by atoms with van der Waals surface area (Å²) in [5.74, 6) is 0.499. The lowest BCUT2D eigenvalue weighted by atomic mass is 10.0. The van der Waals surface area contributed by atoms with Gasteiger partial charge in [-0.25, -0.2) is 0 Å². The molecule has 2 atom stereocenters. The van der Waals surface area contributed by atoms with Gasteiger partial charge in [0.05, 0.1) is 5.60 Å². The van der Waals surface area contributed by atoms with Crippen LogP contribution in [0.15, 0.2) is 30.3 Å². The Morgan fingerprint density at radius 2 is 2.21 bits per heavy atom. The first-order valence-electron chi connectivity index (χ1n) is 6.82. The van der Waals surface area contributed by atoms with E-state index < -0.39 is 0 Å². The topological polar surface area (TPSA) is 64.3 Å². The number of nitrogens with two attached hydrogens (primary N) is 1. The van der Waals surface area contributed by atoms with Crippen molar-refractivity contribution >= 4 is 11.6 Å². The van der Waals surface area contributed by atoms with E-state index in [-0.39, 0.29) is 18.1 Å². The molecule has 104 valence electrons. The van der Waals surface area contributed by atoms with E-state index in [1.807, 2.05) is 30.3 Å². The predicted octanol–water partition coefficient (Wildman–Crippen LogP) is 2.16. The van der Waals surface area contributed by atoms with E-state index in [0.29, 0.717) is 12.5 Å². The van der Waals surface area contributed by atoms with Gasteiger partial charge in [-0.2, -0.15) is 0 Å². The largest absolute Gasteiger partial charge is 0.364 e. The zero-order chi connectivity index (χ0) is 13.7. The first-order chi connectivity index (χ1) is 9.13. The molecule has 0 bridgehead atoms. The highest BCUT2D eigenvalue weighted by molar-refractivity contribution is 5.91. The van der Waals surface area contributed by atoms with Gasteiger partial charge in [0.1, 0.15) is 6.61 Å². The number of nitrogens with one attached hydrogen (secondary N) is 1. The van der Waals surface area contributed by atoms with E-state index in [2.05, 4.69) is 12.2 Å². The minimum Gasteiger partial charge on any atom is -0.364 e. The fourth-order valence-electron chi connectivity index (χ4n) is 2.66. The van der Waals surface area contributed by atoms with Gasteiger partial charge >= 0.3 is 0 Å². The van der Waals surface area contributed by atoms with E-state index in [1.54, 1.807) is 0 Å². The van der Waals surface area contributed by atoms with Gasteiger partial charge in [-0.05, 0) is 37.3 Å². The molecule has 1 aliphatic rings. The van der Waals surface area contributed by atoms with Crippen LogP contribution in [0, 0.1) is 5.92 Å². The second-order valence-corrected chi connectivity index (χ2v) is 5.44. The standard InChI is InChI=1S/C15H22N2O2/c1-12-7-8-15(9-12,11-16)19-10-14(18)17-13-5-3-2-4-6-13/h2-6,12H,7-11,16H2,1H3,(H,17,18). The number of carbonyl (C=O) groups is 1. The molecule has 0 radical (unpaired) electrons. The van der Waals surface area contributed by atoms with Crippen molar-refractivity contribution in [1.29, 1.82) is 0 Å². The van der Waals surface area contributed by atoms with E-state index in [9.17, 15) is 4.79 Å². The van der Waals surface area contributed by atoms with Crippen LogP contribution >= 0.6 is 0 Å². The number of para-hydroxylation sites is 1. The van der Waals surface area contributed by atoms with Crippen LogP contribution in [0.5, 0.6) is 0 Å². The SMILES string of the molecule is CC1CCC(CN)(OCC(=O)Nc2ccccc2)C1. The quantitative estimate of drug-likeness (QED) is 0.854. The number of benzene rings is 1. The number of hydrogen-bond acceptors (Lipinski definition) is 3. The third-order valence-corrected chi connectivity index (χ3v) is 3.75. The molecule has 2 unspecified atom stereocenters. The van der Waals surface area contributed by atoms with Crippen LogP contribution in [-0.4, -0.2) is 24.7 Å². The molecule has 2 rings (SSSR count). The molecule has 4 heteroatoms. The number of ether oxygens (including phenoxy) is 1. The summed E-state index contributed by atoms with van der Waals surface area (Å²) in [4.78, 5) is 11.8. The highest BCUT2D eigenvalue weighted by Gasteiger charge is 2.37. The predicted molar refractivity (Wildman–Crippen MR) is 75.8 cm³/mol. The minimum atomic E-state index is -0.298. The van der Waals surface area contributed by atoms with Gasteiger partial charge in [-0.3, -0.25) is 4.79 Å². The number of carbonyl (C=O) groups excluding carboxylic acids is 1. The molecule has 0 aliphatic heterocycles. The Morgan fingerprint density at radius 1 is 1.47 bits per heavy atom. The summed E-state index contributed by atoms with van der Waals surface area (Å²) < 4.78 is 5.81. The Labute approximate surface area is 114 Å². The lowest BCUT2D eigenvalue weighted by molar-refractivity contribution is -0.127. The van der Waals surface area contributed by atoms with Crippen LogP contribution in [0.2, 0.25) is 0 Å². The van der Waals surface area contributed by atoms with Crippen molar-refractivity contribution in [3.05, 3.63) is 30.3 Å². The highest BCUT2D eigenvalue weighted by atomic mass is 16.5. The second kappa shape index (κ2) is 6.17. The highest BCUT2D eigenvalue weighted by Crippen LogP contribution is 2.36. The molecule has 0 heterocycles. The maximum atomic E-state index is 11.8. The number of rotatable bonds is 5. The number of hydrogen-bond donors (Lipinski definition) is 2. The van der Waals surface area contributed by atoms with Crippen LogP contribution in [0.25, 0.3) is 0 Å². The molecule has 1 fully saturated rings. The van der Waals surface area contributed by atoms with Crippen molar-refractivity contribution in [2.45, 2.75) is 31.8 Å². The summed E-state index contributed by atoms with van der Waals surface area (Å²) >= 11 is 0. The summed E-state index contributed by atoms with van der Waals surface area (Å²) in [6.07, 6.45) is 3.02. The first-order valence-corrected chi connectivity index (χ1v) is 6.82. The molecule has 4 nitrogen and oxygen atoms in total. The summed E-state index contributed by atoms with van der Waals surface area (Å²) in [5.41, 5.74) is 6.30. The molecule has 1 aliphatic carbocycles. The number of anilines is 1. The zero-order valence-electron chi connectivity index (χ0n) is 11.4. The summed E-state index contributed by atoms with van der Waals surface area (Å²) in [6, 6.07) is 9.39. The van der Waals surface area contributed by atoms with Gasteiger partial charge in [-0.15, -0.1) is 0 Å². The van der Waals surface area contributed by atoms with Crippen molar-refractivity contribution < 1.29 is 9.53 Å². The van der Waals surface area contributed by atoms with Crippen molar-refractivity contribution in [3.8, 4) is 0 Å². The number of amides is 1. The maximum absolute atomic E-state index is 11.8. The molecule has 0 spiro atoms. The molecule has 1 amide bonds. The van der Waals surface area contributed by atoms with Gasteiger partial charge in [0.25, 0.3) is 0 Å². The van der Waals surface area contributed by atoms with E-state index in [1.165, 1.54) is 0 Å². The Bertz CT molecular complexity index is 421. The van der Waals surface area contributed by atoms with Crippen LogP contribution in [0.4, 0.5) is 5.69 Å². The molecule has 1 aromatic rings. The zero-order valence-corrected chi connectivity index (χ0v) is 11.4. The fraction of sp³-hybridized carbons (Fsp3) is 0.533. The van der Waals surface area contributed by atoms with Gasteiger partial charge in [0, 0.05) is 12.2 Å². The monoisotopic (exact) mass is 262 g/mol. The van der Waals surface area contributed by atoms with Gasteiger partial charge < -0.3 is 15.8 Å². The van der Waals surface area contributed by atoms with Crippen LogP contribution < -0.4 is 11.1 Å². The lowest BCUT2D eigenvalue weighted by Crippen LogP contribution is -2.40. The van der Waals surface area contributed by atoms with Crippen LogP contribution in [-0.2, 0) is 9.53 Å². The lowest BCUT2D eigenvalue weighted by Gasteiger charge is -2.27. The van der Waals surface area contributed by atoms with Gasteiger partial charge in [-0.1, -0.05) is 25.1 Å². The van der Waals surface area contributed by atoms with Crippen molar-refractivity contribution in [2.75, 3.05) is 18.5 Å². The second-order valence-electron chi connectivity index (χ2n) is 5.44. The molecular formula is C15H22N2O2. The van der Waals surface area contributed by atoms with Gasteiger partial charge in [0.2, 0.25) is 5.91 Å². The Morgan fingerprint density at radius 3 is 2.79 bits per heavy atom. The summed E-state index contributed by atoms with van der Waals surface area (Å²) in [7, 11) is 0. The van der Waals surface area contributed by atoms with E-state index in [0.717, 1.165) is 24.9 Å². The molecule has 19 heavy (non-hydrogen) atoms. The van der Waals surface area contributed by atoms with Crippen LogP contribution in [0.1, 0.15) is 26.2 Å². The van der Waals surface area contributed by atoms with Gasteiger partial charge in [0.15, 0.2) is 0 Å². The minimum absolute atomic E-state index is 0.0683.